The summed E-state index contributed by atoms with van der Waals surface area (Å²) in [5, 5.41) is 0. The van der Waals surface area contributed by atoms with Gasteiger partial charge in [-0.15, -0.1) is 0 Å². The smallest absolute Gasteiger partial charge is 0.218 e. The van der Waals surface area contributed by atoms with E-state index in [4.69, 9.17) is 10.5 Å². The van der Waals surface area contributed by atoms with Crippen LogP contribution in [0, 0.1) is 6.92 Å². The van der Waals surface area contributed by atoms with Gasteiger partial charge in [-0.1, -0.05) is 6.07 Å². The van der Waals surface area contributed by atoms with Crippen molar-refractivity contribution in [3.63, 3.8) is 0 Å². The van der Waals surface area contributed by atoms with Gasteiger partial charge in [-0.3, -0.25) is 4.98 Å². The second kappa shape index (κ2) is 7.54. The molecule has 2 heterocycles. The Bertz CT molecular complexity index is 561. The number of hydrogen-bond acceptors (Lipinski definition) is 6. The average molecular weight is 287 g/mol. The summed E-state index contributed by atoms with van der Waals surface area (Å²) in [4.78, 5) is 15.1. The standard InChI is InChI=1S/C15H21N5O/c1-12-18-14(9-15(19-12)21-2)20(8-4-6-16)11-13-5-3-7-17-10-13/h3,5,7,9-10H,4,6,8,11,16H2,1-2H3. The largest absolute Gasteiger partial charge is 0.481 e. The summed E-state index contributed by atoms with van der Waals surface area (Å²) in [5.74, 6) is 2.10. The van der Waals surface area contributed by atoms with Crippen LogP contribution in [0.3, 0.4) is 0 Å². The molecule has 0 unspecified atom stereocenters. The van der Waals surface area contributed by atoms with Crippen LogP contribution < -0.4 is 15.4 Å². The number of aromatic nitrogens is 3. The molecule has 0 aliphatic carbocycles. The molecule has 0 saturated carbocycles. The van der Waals surface area contributed by atoms with Gasteiger partial charge in [0, 0.05) is 31.5 Å². The third-order valence-electron chi connectivity index (χ3n) is 3.06. The zero-order valence-corrected chi connectivity index (χ0v) is 12.5. The summed E-state index contributed by atoms with van der Waals surface area (Å²) in [5.41, 5.74) is 6.77. The first-order valence-corrected chi connectivity index (χ1v) is 6.96. The molecule has 6 heteroatoms. The topological polar surface area (TPSA) is 77.2 Å². The van der Waals surface area contributed by atoms with E-state index >= 15 is 0 Å². The van der Waals surface area contributed by atoms with Gasteiger partial charge in [0.1, 0.15) is 11.6 Å². The van der Waals surface area contributed by atoms with Crippen molar-refractivity contribution in [2.45, 2.75) is 19.9 Å². The molecule has 2 N–H and O–H groups in total. The third-order valence-corrected chi connectivity index (χ3v) is 3.06. The van der Waals surface area contributed by atoms with E-state index < -0.39 is 0 Å². The van der Waals surface area contributed by atoms with Crippen molar-refractivity contribution < 1.29 is 4.74 Å². The highest BCUT2D eigenvalue weighted by Gasteiger charge is 2.11. The molecule has 2 rings (SSSR count). The molecular weight excluding hydrogens is 266 g/mol. The first kappa shape index (κ1) is 15.2. The van der Waals surface area contributed by atoms with E-state index in [-0.39, 0.29) is 0 Å². The fourth-order valence-corrected chi connectivity index (χ4v) is 2.06. The molecule has 0 aromatic carbocycles. The van der Waals surface area contributed by atoms with Crippen LogP contribution in [0.25, 0.3) is 0 Å². The molecule has 112 valence electrons. The predicted molar refractivity (Wildman–Crippen MR) is 82.3 cm³/mol. The minimum atomic E-state index is 0.571. The third kappa shape index (κ3) is 4.39. The predicted octanol–water partition coefficient (Wildman–Crippen LogP) is 1.54. The van der Waals surface area contributed by atoms with Gasteiger partial charge < -0.3 is 15.4 Å². The number of ether oxygens (including phenoxy) is 1. The van der Waals surface area contributed by atoms with E-state index in [9.17, 15) is 0 Å². The fourth-order valence-electron chi connectivity index (χ4n) is 2.06. The summed E-state index contributed by atoms with van der Waals surface area (Å²) in [6.07, 6.45) is 4.53. The lowest BCUT2D eigenvalue weighted by molar-refractivity contribution is 0.395. The molecule has 21 heavy (non-hydrogen) atoms. The minimum Gasteiger partial charge on any atom is -0.481 e. The molecule has 0 atom stereocenters. The van der Waals surface area contributed by atoms with Gasteiger partial charge in [0.15, 0.2) is 0 Å². The van der Waals surface area contributed by atoms with Gasteiger partial charge in [-0.25, -0.2) is 4.98 Å². The normalized spacial score (nSPS) is 10.4. The highest BCUT2D eigenvalue weighted by Crippen LogP contribution is 2.19. The summed E-state index contributed by atoms with van der Waals surface area (Å²) in [7, 11) is 1.61. The summed E-state index contributed by atoms with van der Waals surface area (Å²) in [6.45, 7) is 4.06. The van der Waals surface area contributed by atoms with E-state index in [2.05, 4.69) is 19.9 Å². The second-order valence-corrected chi connectivity index (χ2v) is 4.74. The molecule has 0 bridgehead atoms. The SMILES string of the molecule is COc1cc(N(CCCN)Cc2cccnc2)nc(C)n1. The van der Waals surface area contributed by atoms with Crippen LogP contribution >= 0.6 is 0 Å². The Morgan fingerprint density at radius 3 is 2.86 bits per heavy atom. The van der Waals surface area contributed by atoms with Gasteiger partial charge in [0.2, 0.25) is 5.88 Å². The zero-order chi connectivity index (χ0) is 15.1. The number of anilines is 1. The number of methoxy groups -OCH3 is 1. The first-order chi connectivity index (χ1) is 10.2. The highest BCUT2D eigenvalue weighted by molar-refractivity contribution is 5.42. The molecule has 0 fully saturated rings. The van der Waals surface area contributed by atoms with E-state index in [1.807, 2.05) is 31.3 Å². The van der Waals surface area contributed by atoms with Gasteiger partial charge in [-0.2, -0.15) is 4.98 Å². The molecule has 2 aromatic rings. The molecular formula is C15H21N5O. The number of nitrogens with two attached hydrogens (primary N) is 1. The van der Waals surface area contributed by atoms with Gasteiger partial charge in [0.25, 0.3) is 0 Å². The van der Waals surface area contributed by atoms with Crippen LogP contribution in [0.4, 0.5) is 5.82 Å². The number of rotatable bonds is 7. The van der Waals surface area contributed by atoms with E-state index in [1.165, 1.54) is 0 Å². The summed E-state index contributed by atoms with van der Waals surface area (Å²) >= 11 is 0. The number of aryl methyl sites for hydroxylation is 1. The Morgan fingerprint density at radius 1 is 1.33 bits per heavy atom. The van der Waals surface area contributed by atoms with E-state index in [0.717, 1.165) is 30.9 Å². The Balaban J connectivity index is 2.24. The number of pyridine rings is 1. The summed E-state index contributed by atoms with van der Waals surface area (Å²) in [6, 6.07) is 5.83. The minimum absolute atomic E-state index is 0.571. The van der Waals surface area contributed by atoms with Crippen LogP contribution in [0.15, 0.2) is 30.6 Å². The average Bonchev–Trinajstić information content (AvgIpc) is 2.51. The monoisotopic (exact) mass is 287 g/mol. The van der Waals surface area contributed by atoms with Crippen LogP contribution in [0.2, 0.25) is 0 Å². The molecule has 0 aliphatic heterocycles. The van der Waals surface area contributed by atoms with Crippen molar-refractivity contribution in [1.82, 2.24) is 15.0 Å². The molecule has 0 radical (unpaired) electrons. The second-order valence-electron chi connectivity index (χ2n) is 4.74. The summed E-state index contributed by atoms with van der Waals surface area (Å²) < 4.78 is 5.23. The van der Waals surface area contributed by atoms with Crippen molar-refractivity contribution in [2.75, 3.05) is 25.1 Å². The Morgan fingerprint density at radius 2 is 2.19 bits per heavy atom. The van der Waals surface area contributed by atoms with E-state index in [1.54, 1.807) is 13.3 Å². The van der Waals surface area contributed by atoms with Crippen molar-refractivity contribution in [2.24, 2.45) is 5.73 Å². The molecule has 6 nitrogen and oxygen atoms in total. The number of hydrogen-bond donors (Lipinski definition) is 1. The maximum atomic E-state index is 5.64. The van der Waals surface area contributed by atoms with Crippen molar-refractivity contribution in [3.05, 3.63) is 42.0 Å². The van der Waals surface area contributed by atoms with Gasteiger partial charge in [-0.05, 0) is 31.5 Å². The van der Waals surface area contributed by atoms with E-state index in [0.29, 0.717) is 18.2 Å². The lowest BCUT2D eigenvalue weighted by Gasteiger charge is -2.24. The Hall–Kier alpha value is -2.21. The maximum Gasteiger partial charge on any atom is 0.218 e. The van der Waals surface area contributed by atoms with Crippen LogP contribution in [-0.2, 0) is 6.54 Å². The quantitative estimate of drug-likeness (QED) is 0.832. The lowest BCUT2D eigenvalue weighted by atomic mass is 10.2. The molecule has 2 aromatic heterocycles. The van der Waals surface area contributed by atoms with Gasteiger partial charge in [0.05, 0.1) is 7.11 Å². The maximum absolute atomic E-state index is 5.64. The lowest BCUT2D eigenvalue weighted by Crippen LogP contribution is -2.27. The molecule has 0 saturated heterocycles. The van der Waals surface area contributed by atoms with Crippen LogP contribution in [0.1, 0.15) is 17.8 Å². The zero-order valence-electron chi connectivity index (χ0n) is 12.5. The Labute approximate surface area is 125 Å². The Kier molecular flexibility index (Phi) is 5.45. The van der Waals surface area contributed by atoms with Crippen LogP contribution in [0.5, 0.6) is 5.88 Å². The van der Waals surface area contributed by atoms with Crippen LogP contribution in [-0.4, -0.2) is 35.2 Å². The molecule has 0 aliphatic rings. The van der Waals surface area contributed by atoms with Crippen molar-refractivity contribution >= 4 is 5.82 Å². The molecule has 0 spiro atoms. The van der Waals surface area contributed by atoms with Gasteiger partial charge >= 0.3 is 0 Å². The highest BCUT2D eigenvalue weighted by atomic mass is 16.5. The fraction of sp³-hybridized carbons (Fsp3) is 0.400. The van der Waals surface area contributed by atoms with Crippen molar-refractivity contribution in [1.29, 1.82) is 0 Å². The first-order valence-electron chi connectivity index (χ1n) is 6.96. The molecule has 0 amide bonds. The van der Waals surface area contributed by atoms with Crippen molar-refractivity contribution in [3.8, 4) is 5.88 Å². The number of nitrogens with zero attached hydrogens (tertiary/aromatic N) is 4.